The van der Waals surface area contributed by atoms with Gasteiger partial charge >= 0.3 is 0 Å². The maximum atomic E-state index is 6.30. The summed E-state index contributed by atoms with van der Waals surface area (Å²) in [6.07, 6.45) is 1.81. The summed E-state index contributed by atoms with van der Waals surface area (Å²) < 4.78 is 14.2. The minimum absolute atomic E-state index is 0.423. The lowest BCUT2D eigenvalue weighted by molar-refractivity contribution is 0.289. The first-order valence-electron chi connectivity index (χ1n) is 13.6. The van der Waals surface area contributed by atoms with Gasteiger partial charge in [-0.1, -0.05) is 103 Å². The van der Waals surface area contributed by atoms with Gasteiger partial charge in [-0.05, 0) is 47.5 Å². The Morgan fingerprint density at radius 1 is 0.667 bits per heavy atom. The normalized spacial score (nSPS) is 11.1. The van der Waals surface area contributed by atoms with Crippen LogP contribution >= 0.6 is 11.6 Å². The van der Waals surface area contributed by atoms with Gasteiger partial charge in [0, 0.05) is 34.5 Å². The molecule has 5 nitrogen and oxygen atoms in total. The molecule has 0 aliphatic rings. The van der Waals surface area contributed by atoms with Crippen molar-refractivity contribution in [1.82, 2.24) is 9.78 Å². The number of hydrogen-bond acceptors (Lipinski definition) is 4. The fourth-order valence-electron chi connectivity index (χ4n) is 4.43. The van der Waals surface area contributed by atoms with Crippen LogP contribution in [0.4, 0.5) is 5.82 Å². The predicted molar refractivity (Wildman–Crippen MR) is 169 cm³/mol. The molecule has 0 bridgehead atoms. The van der Waals surface area contributed by atoms with Gasteiger partial charge in [0.2, 0.25) is 0 Å². The fourth-order valence-corrected chi connectivity index (χ4v) is 4.56. The first kappa shape index (κ1) is 27.1. The van der Waals surface area contributed by atoms with Crippen molar-refractivity contribution in [2.24, 2.45) is 4.99 Å². The van der Waals surface area contributed by atoms with E-state index in [1.54, 1.807) is 0 Å². The van der Waals surface area contributed by atoms with E-state index >= 15 is 0 Å². The highest BCUT2D eigenvalue weighted by atomic mass is 35.5. The highest BCUT2D eigenvalue weighted by Gasteiger charge is 2.12. The van der Waals surface area contributed by atoms with Crippen molar-refractivity contribution in [3.05, 3.63) is 161 Å². The maximum Gasteiger partial charge on any atom is 0.156 e. The third-order valence-electron chi connectivity index (χ3n) is 6.64. The van der Waals surface area contributed by atoms with Gasteiger partial charge in [0.1, 0.15) is 24.7 Å². The number of para-hydroxylation sites is 1. The molecular formula is C36H28ClN3O2. The number of ether oxygens (including phenoxy) is 2. The molecule has 6 rings (SSSR count). The molecule has 42 heavy (non-hydrogen) atoms. The van der Waals surface area contributed by atoms with E-state index in [1.807, 2.05) is 150 Å². The Balaban J connectivity index is 1.32. The van der Waals surface area contributed by atoms with Crippen molar-refractivity contribution in [1.29, 1.82) is 0 Å². The van der Waals surface area contributed by atoms with Crippen molar-refractivity contribution >= 4 is 23.6 Å². The minimum atomic E-state index is 0.423. The van der Waals surface area contributed by atoms with Crippen LogP contribution in [-0.4, -0.2) is 16.0 Å². The third kappa shape index (κ3) is 6.77. The van der Waals surface area contributed by atoms with Gasteiger partial charge < -0.3 is 9.47 Å². The molecule has 0 atom stereocenters. The first-order chi connectivity index (χ1) is 20.7. The number of halogens is 1. The zero-order chi connectivity index (χ0) is 28.6. The molecule has 6 aromatic rings. The molecule has 0 aliphatic heterocycles. The zero-order valence-electron chi connectivity index (χ0n) is 22.8. The lowest BCUT2D eigenvalue weighted by atomic mass is 10.1. The monoisotopic (exact) mass is 569 g/mol. The van der Waals surface area contributed by atoms with Crippen molar-refractivity contribution in [2.45, 2.75) is 13.2 Å². The SMILES string of the molecule is Clc1ccc(-c2cc(/N=C/c3ccc(OCc4ccccc4)cc3OCc3ccccc3)n(-c3ccccc3)n2)cc1. The molecule has 0 fully saturated rings. The van der Waals surface area contributed by atoms with Gasteiger partial charge in [0.05, 0.1) is 11.4 Å². The average Bonchev–Trinajstić information content (AvgIpc) is 3.48. The Bertz CT molecular complexity index is 1770. The molecule has 0 amide bonds. The second-order valence-electron chi connectivity index (χ2n) is 9.65. The summed E-state index contributed by atoms with van der Waals surface area (Å²) in [5, 5.41) is 5.55. The number of hydrogen-bond donors (Lipinski definition) is 0. The number of benzene rings is 5. The van der Waals surface area contributed by atoms with E-state index in [0.717, 1.165) is 39.4 Å². The van der Waals surface area contributed by atoms with Crippen LogP contribution in [0.15, 0.2) is 145 Å². The van der Waals surface area contributed by atoms with E-state index < -0.39 is 0 Å². The molecule has 0 spiro atoms. The zero-order valence-corrected chi connectivity index (χ0v) is 23.6. The van der Waals surface area contributed by atoms with E-state index in [4.69, 9.17) is 31.2 Å². The van der Waals surface area contributed by atoms with Gasteiger partial charge in [-0.25, -0.2) is 9.67 Å². The van der Waals surface area contributed by atoms with Crippen LogP contribution in [-0.2, 0) is 13.2 Å². The molecule has 0 radical (unpaired) electrons. The lowest BCUT2D eigenvalue weighted by Crippen LogP contribution is -2.01. The number of nitrogens with zero attached hydrogens (tertiary/aromatic N) is 3. The van der Waals surface area contributed by atoms with Crippen LogP contribution < -0.4 is 9.47 Å². The molecule has 1 heterocycles. The summed E-state index contributed by atoms with van der Waals surface area (Å²) in [7, 11) is 0. The molecule has 5 aromatic carbocycles. The van der Waals surface area contributed by atoms with Gasteiger partial charge in [-0.2, -0.15) is 5.10 Å². The molecule has 0 saturated carbocycles. The lowest BCUT2D eigenvalue weighted by Gasteiger charge is -2.12. The molecule has 1 aromatic heterocycles. The summed E-state index contributed by atoms with van der Waals surface area (Å²) in [5.41, 5.74) is 5.67. The molecule has 0 N–H and O–H groups in total. The Morgan fingerprint density at radius 3 is 1.95 bits per heavy atom. The molecule has 0 aliphatic carbocycles. The molecule has 0 unspecified atom stereocenters. The summed E-state index contributed by atoms with van der Waals surface area (Å²) >= 11 is 6.12. The summed E-state index contributed by atoms with van der Waals surface area (Å²) in [4.78, 5) is 4.88. The standard InChI is InChI=1S/C36H28ClN3O2/c37-31-19-16-29(17-20-31)34-23-36(40(39-34)32-14-8-3-9-15-32)38-24-30-18-21-33(41-25-27-10-4-1-5-11-27)22-35(30)42-26-28-12-6-2-7-13-28/h1-24H,25-26H2/b38-24+. The highest BCUT2D eigenvalue weighted by molar-refractivity contribution is 6.30. The average molecular weight is 570 g/mol. The van der Waals surface area contributed by atoms with E-state index in [0.29, 0.717) is 29.8 Å². The van der Waals surface area contributed by atoms with Crippen LogP contribution in [0.2, 0.25) is 5.02 Å². The van der Waals surface area contributed by atoms with Crippen molar-refractivity contribution in [2.75, 3.05) is 0 Å². The second kappa shape index (κ2) is 13.0. The quantitative estimate of drug-likeness (QED) is 0.155. The van der Waals surface area contributed by atoms with Crippen molar-refractivity contribution in [3.63, 3.8) is 0 Å². The topological polar surface area (TPSA) is 48.6 Å². The Morgan fingerprint density at radius 2 is 1.29 bits per heavy atom. The van der Waals surface area contributed by atoms with Crippen molar-refractivity contribution in [3.8, 4) is 28.4 Å². The van der Waals surface area contributed by atoms with Gasteiger partial charge in [-0.3, -0.25) is 0 Å². The summed E-state index contributed by atoms with van der Waals surface area (Å²) in [6, 6.07) is 45.6. The number of rotatable bonds is 10. The van der Waals surface area contributed by atoms with Crippen LogP contribution in [0.25, 0.3) is 16.9 Å². The summed E-state index contributed by atoms with van der Waals surface area (Å²) in [6.45, 7) is 0.891. The van der Waals surface area contributed by atoms with Crippen LogP contribution in [0.1, 0.15) is 16.7 Å². The largest absolute Gasteiger partial charge is 0.489 e. The van der Waals surface area contributed by atoms with E-state index in [2.05, 4.69) is 0 Å². The van der Waals surface area contributed by atoms with E-state index in [-0.39, 0.29) is 0 Å². The molecule has 6 heteroatoms. The van der Waals surface area contributed by atoms with Crippen LogP contribution in [0, 0.1) is 0 Å². The Hall–Kier alpha value is -5.13. The van der Waals surface area contributed by atoms with E-state index in [9.17, 15) is 0 Å². The van der Waals surface area contributed by atoms with E-state index in [1.165, 1.54) is 0 Å². The smallest absolute Gasteiger partial charge is 0.156 e. The maximum absolute atomic E-state index is 6.30. The predicted octanol–water partition coefficient (Wildman–Crippen LogP) is 9.10. The number of aliphatic imine (C=N–C) groups is 1. The Kier molecular flexibility index (Phi) is 8.39. The van der Waals surface area contributed by atoms with Crippen LogP contribution in [0.3, 0.4) is 0 Å². The van der Waals surface area contributed by atoms with Gasteiger partial charge in [-0.15, -0.1) is 0 Å². The Labute approximate surface area is 250 Å². The van der Waals surface area contributed by atoms with Gasteiger partial charge in [0.15, 0.2) is 5.82 Å². The fraction of sp³-hybridized carbons (Fsp3) is 0.0556. The van der Waals surface area contributed by atoms with Crippen molar-refractivity contribution < 1.29 is 9.47 Å². The first-order valence-corrected chi connectivity index (χ1v) is 14.0. The molecule has 206 valence electrons. The molecule has 0 saturated heterocycles. The number of aromatic nitrogens is 2. The van der Waals surface area contributed by atoms with Gasteiger partial charge in [0.25, 0.3) is 0 Å². The highest BCUT2D eigenvalue weighted by Crippen LogP contribution is 2.30. The minimum Gasteiger partial charge on any atom is -0.489 e. The third-order valence-corrected chi connectivity index (χ3v) is 6.89. The second-order valence-corrected chi connectivity index (χ2v) is 10.1. The molecular weight excluding hydrogens is 542 g/mol. The summed E-state index contributed by atoms with van der Waals surface area (Å²) in [5.74, 6) is 2.08. The van der Waals surface area contributed by atoms with Crippen LogP contribution in [0.5, 0.6) is 11.5 Å².